The fraction of sp³-hybridized carbons (Fsp3) is 1.00. The van der Waals surface area contributed by atoms with Gasteiger partial charge in [-0.05, 0) is 6.42 Å². The molecule has 11 heavy (non-hydrogen) atoms. The average molecular weight is 198 g/mol. The molecular formula is C5H10O4S2-2. The molecule has 0 heterocycles. The third kappa shape index (κ3) is 4.62. The highest BCUT2D eigenvalue weighted by Crippen LogP contribution is 2.06. The predicted octanol–water partition coefficient (Wildman–Crippen LogP) is -0.0883. The highest BCUT2D eigenvalue weighted by atomic mass is 32.2. The maximum absolute atomic E-state index is 10.3. The number of hydrogen-bond donors (Lipinski definition) is 0. The van der Waals surface area contributed by atoms with E-state index >= 15 is 0 Å². The van der Waals surface area contributed by atoms with Crippen molar-refractivity contribution in [2.75, 3.05) is 0 Å². The second-order valence-corrected chi connectivity index (χ2v) is 5.03. The summed E-state index contributed by atoms with van der Waals surface area (Å²) in [4.78, 5) is 0. The van der Waals surface area contributed by atoms with Gasteiger partial charge in [-0.3, -0.25) is 8.42 Å². The molecule has 0 amide bonds. The van der Waals surface area contributed by atoms with E-state index in [2.05, 4.69) is 0 Å². The Kier molecular flexibility index (Phi) is 5.07. The molecule has 0 aliphatic carbocycles. The zero-order valence-corrected chi connectivity index (χ0v) is 7.94. The van der Waals surface area contributed by atoms with E-state index in [0.29, 0.717) is 0 Å². The molecule has 0 rings (SSSR count). The van der Waals surface area contributed by atoms with Gasteiger partial charge in [0, 0.05) is 10.5 Å². The van der Waals surface area contributed by atoms with Gasteiger partial charge in [0.05, 0.1) is 0 Å². The van der Waals surface area contributed by atoms with Crippen LogP contribution in [0.1, 0.15) is 20.3 Å². The van der Waals surface area contributed by atoms with Gasteiger partial charge in [-0.15, -0.1) is 0 Å². The quantitative estimate of drug-likeness (QED) is 0.591. The molecule has 0 bridgehead atoms. The van der Waals surface area contributed by atoms with E-state index in [1.165, 1.54) is 13.8 Å². The molecule has 68 valence electrons. The lowest BCUT2D eigenvalue weighted by molar-refractivity contribution is 0.506. The van der Waals surface area contributed by atoms with Crippen LogP contribution < -0.4 is 0 Å². The minimum Gasteiger partial charge on any atom is -0.772 e. The van der Waals surface area contributed by atoms with Crippen LogP contribution in [0.3, 0.4) is 0 Å². The molecule has 0 aliphatic heterocycles. The largest absolute Gasteiger partial charge is 0.772 e. The van der Waals surface area contributed by atoms with Gasteiger partial charge in [0.1, 0.15) is 0 Å². The Morgan fingerprint density at radius 1 is 1.09 bits per heavy atom. The summed E-state index contributed by atoms with van der Waals surface area (Å²) < 4.78 is 41.0. The first-order valence-electron chi connectivity index (χ1n) is 3.11. The predicted molar refractivity (Wildman–Crippen MR) is 41.4 cm³/mol. The summed E-state index contributed by atoms with van der Waals surface area (Å²) in [6.45, 7) is 2.96. The molecule has 0 aromatic heterocycles. The topological polar surface area (TPSA) is 80.3 Å². The first kappa shape index (κ1) is 11.2. The van der Waals surface area contributed by atoms with Crippen LogP contribution in [0, 0.1) is 0 Å². The van der Waals surface area contributed by atoms with Gasteiger partial charge in [0.15, 0.2) is 0 Å². The van der Waals surface area contributed by atoms with Crippen molar-refractivity contribution < 1.29 is 17.5 Å². The van der Waals surface area contributed by atoms with Crippen molar-refractivity contribution in [1.82, 2.24) is 0 Å². The van der Waals surface area contributed by atoms with Gasteiger partial charge in [0.2, 0.25) is 0 Å². The van der Waals surface area contributed by atoms with E-state index in [0.717, 1.165) is 0 Å². The Hall–Kier alpha value is 0.220. The molecule has 0 saturated carbocycles. The summed E-state index contributed by atoms with van der Waals surface area (Å²) in [5, 5.41) is -1.19. The molecule has 0 aromatic rings. The lowest BCUT2D eigenvalue weighted by atomic mass is 10.3. The minimum atomic E-state index is -2.17. The van der Waals surface area contributed by atoms with Crippen LogP contribution in [0.4, 0.5) is 0 Å². The zero-order chi connectivity index (χ0) is 9.02. The van der Waals surface area contributed by atoms with E-state index in [-0.39, 0.29) is 6.42 Å². The SMILES string of the molecule is CC(CC(C)S(=O)[O-])S(=O)[O-]. The van der Waals surface area contributed by atoms with Crippen LogP contribution in [0.5, 0.6) is 0 Å². The maximum Gasteiger partial charge on any atom is 0.0198 e. The van der Waals surface area contributed by atoms with Crippen LogP contribution >= 0.6 is 0 Å². The molecule has 6 heteroatoms. The first-order valence-corrected chi connectivity index (χ1v) is 5.39. The number of rotatable bonds is 4. The summed E-state index contributed by atoms with van der Waals surface area (Å²) in [5.74, 6) is 0. The maximum atomic E-state index is 10.3. The van der Waals surface area contributed by atoms with E-state index in [9.17, 15) is 17.5 Å². The van der Waals surface area contributed by atoms with Gasteiger partial charge in [-0.1, -0.05) is 36.0 Å². The monoisotopic (exact) mass is 198 g/mol. The Morgan fingerprint density at radius 2 is 1.36 bits per heavy atom. The standard InChI is InChI=1S/C5H12O4S2/c1-4(10(6)7)3-5(2)11(8)9/h4-5H,3H2,1-2H3,(H,6,7)(H,8,9)/p-2. The fourth-order valence-corrected chi connectivity index (χ4v) is 1.64. The van der Waals surface area contributed by atoms with Crippen molar-refractivity contribution in [2.45, 2.75) is 30.8 Å². The average Bonchev–Trinajstić information content (AvgIpc) is 1.87. The van der Waals surface area contributed by atoms with Crippen molar-refractivity contribution >= 4 is 22.2 Å². The Morgan fingerprint density at radius 3 is 1.55 bits per heavy atom. The summed E-state index contributed by atoms with van der Waals surface area (Å²) in [5.41, 5.74) is 0. The van der Waals surface area contributed by atoms with Gasteiger partial charge >= 0.3 is 0 Å². The third-order valence-electron chi connectivity index (χ3n) is 1.32. The van der Waals surface area contributed by atoms with Crippen molar-refractivity contribution in [3.8, 4) is 0 Å². The molecule has 4 atom stereocenters. The third-order valence-corrected chi connectivity index (χ3v) is 3.02. The summed E-state index contributed by atoms with van der Waals surface area (Å²) in [6, 6.07) is 0. The highest BCUT2D eigenvalue weighted by molar-refractivity contribution is 7.80. The summed E-state index contributed by atoms with van der Waals surface area (Å²) in [6.07, 6.45) is 0.159. The van der Waals surface area contributed by atoms with Gasteiger partial charge in [-0.2, -0.15) is 0 Å². The molecule has 0 fully saturated rings. The second-order valence-electron chi connectivity index (χ2n) is 2.38. The Balaban J connectivity index is 3.84. The van der Waals surface area contributed by atoms with Crippen LogP contribution in [-0.2, 0) is 22.2 Å². The highest BCUT2D eigenvalue weighted by Gasteiger charge is 2.08. The van der Waals surface area contributed by atoms with Gasteiger partial charge in [0.25, 0.3) is 0 Å². The van der Waals surface area contributed by atoms with Crippen LogP contribution in [0.2, 0.25) is 0 Å². The van der Waals surface area contributed by atoms with Crippen LogP contribution in [0.25, 0.3) is 0 Å². The second kappa shape index (κ2) is 4.97. The van der Waals surface area contributed by atoms with E-state index < -0.39 is 32.7 Å². The normalized spacial score (nSPS) is 22.2. The number of hydrogen-bond acceptors (Lipinski definition) is 4. The Labute approximate surface area is 71.0 Å². The summed E-state index contributed by atoms with van der Waals surface area (Å²) in [7, 11) is 0. The molecule has 4 nitrogen and oxygen atoms in total. The van der Waals surface area contributed by atoms with Crippen LogP contribution in [0.15, 0.2) is 0 Å². The summed E-state index contributed by atoms with van der Waals surface area (Å²) >= 11 is -4.34. The molecule has 0 aliphatic rings. The molecule has 0 spiro atoms. The molecule has 4 unspecified atom stereocenters. The van der Waals surface area contributed by atoms with Crippen LogP contribution in [-0.4, -0.2) is 28.0 Å². The lowest BCUT2D eigenvalue weighted by Crippen LogP contribution is -2.20. The lowest BCUT2D eigenvalue weighted by Gasteiger charge is -2.20. The van der Waals surface area contributed by atoms with Crippen molar-refractivity contribution in [1.29, 1.82) is 0 Å². The molecule has 0 N–H and O–H groups in total. The van der Waals surface area contributed by atoms with E-state index in [1.807, 2.05) is 0 Å². The van der Waals surface area contributed by atoms with Crippen molar-refractivity contribution in [2.24, 2.45) is 0 Å². The van der Waals surface area contributed by atoms with Crippen molar-refractivity contribution in [3.05, 3.63) is 0 Å². The fourth-order valence-electron chi connectivity index (χ4n) is 0.625. The van der Waals surface area contributed by atoms with E-state index in [4.69, 9.17) is 0 Å². The van der Waals surface area contributed by atoms with Gasteiger partial charge in [-0.25, -0.2) is 0 Å². The van der Waals surface area contributed by atoms with Gasteiger partial charge < -0.3 is 9.11 Å². The molecule has 0 radical (unpaired) electrons. The Bertz CT molecular complexity index is 152. The minimum absolute atomic E-state index is 0.159. The first-order chi connectivity index (χ1) is 4.95. The molecular weight excluding hydrogens is 188 g/mol. The smallest absolute Gasteiger partial charge is 0.0198 e. The molecule has 0 aromatic carbocycles. The van der Waals surface area contributed by atoms with E-state index in [1.54, 1.807) is 0 Å². The molecule has 0 saturated heterocycles. The van der Waals surface area contributed by atoms with Crippen molar-refractivity contribution in [3.63, 3.8) is 0 Å². The zero-order valence-electron chi connectivity index (χ0n) is 6.31.